The molecule has 3 rings (SSSR count). The highest BCUT2D eigenvalue weighted by Gasteiger charge is 2.30. The Kier molecular flexibility index (Phi) is 6.72. The van der Waals surface area contributed by atoms with E-state index < -0.39 is 21.0 Å². The molecule has 8 heteroatoms. The van der Waals surface area contributed by atoms with Gasteiger partial charge in [0.1, 0.15) is 11.0 Å². The Morgan fingerprint density at radius 2 is 1.75 bits per heavy atom. The third-order valence-corrected chi connectivity index (χ3v) is 7.46. The van der Waals surface area contributed by atoms with Crippen molar-refractivity contribution in [1.29, 1.82) is 0 Å². The maximum Gasteiger partial charge on any atom is 0.257 e. The van der Waals surface area contributed by atoms with E-state index in [0.29, 0.717) is 15.6 Å². The fourth-order valence-electron chi connectivity index (χ4n) is 2.55. The smallest absolute Gasteiger partial charge is 0.257 e. The van der Waals surface area contributed by atoms with Crippen LogP contribution in [0.1, 0.15) is 10.1 Å². The molecule has 2 aromatic carbocycles. The SMILES string of the molecule is O=C(COc1ccccc1)NC[C@H](c1cccs1)S(=O)(=O)c1ccc(Cl)cc1. The fourth-order valence-corrected chi connectivity index (χ4v) is 5.46. The summed E-state index contributed by atoms with van der Waals surface area (Å²) in [5, 5.41) is 4.03. The molecule has 0 saturated heterocycles. The van der Waals surface area contributed by atoms with Gasteiger partial charge in [0.25, 0.3) is 5.91 Å². The lowest BCUT2D eigenvalue weighted by Crippen LogP contribution is -2.34. The number of hydrogen-bond donors (Lipinski definition) is 1. The predicted octanol–water partition coefficient (Wildman–Crippen LogP) is 4.11. The Labute approximate surface area is 172 Å². The van der Waals surface area contributed by atoms with Crippen LogP contribution in [0.25, 0.3) is 0 Å². The van der Waals surface area contributed by atoms with Gasteiger partial charge in [-0.2, -0.15) is 0 Å². The van der Waals surface area contributed by atoms with Crippen molar-refractivity contribution in [3.8, 4) is 5.75 Å². The van der Waals surface area contributed by atoms with Crippen LogP contribution in [0.5, 0.6) is 5.75 Å². The zero-order valence-electron chi connectivity index (χ0n) is 14.7. The predicted molar refractivity (Wildman–Crippen MR) is 111 cm³/mol. The second-order valence-corrected chi connectivity index (χ2v) is 9.45. The van der Waals surface area contributed by atoms with E-state index in [9.17, 15) is 13.2 Å². The van der Waals surface area contributed by atoms with Crippen LogP contribution >= 0.6 is 22.9 Å². The molecule has 5 nitrogen and oxygen atoms in total. The summed E-state index contributed by atoms with van der Waals surface area (Å²) in [4.78, 5) is 13.0. The van der Waals surface area contributed by atoms with E-state index in [1.807, 2.05) is 6.07 Å². The fraction of sp³-hybridized carbons (Fsp3) is 0.150. The first-order valence-corrected chi connectivity index (χ1v) is 11.2. The van der Waals surface area contributed by atoms with E-state index in [1.54, 1.807) is 41.8 Å². The molecule has 1 amide bonds. The van der Waals surface area contributed by atoms with Gasteiger partial charge in [-0.25, -0.2) is 8.42 Å². The second kappa shape index (κ2) is 9.23. The molecule has 0 unspecified atom stereocenters. The number of halogens is 1. The first kappa shape index (κ1) is 20.4. The summed E-state index contributed by atoms with van der Waals surface area (Å²) in [5.74, 6) is 0.179. The maximum atomic E-state index is 13.1. The van der Waals surface area contributed by atoms with Crippen molar-refractivity contribution < 1.29 is 17.9 Å². The van der Waals surface area contributed by atoms with Gasteiger partial charge in [-0.1, -0.05) is 35.9 Å². The number of nitrogens with one attached hydrogen (secondary N) is 1. The van der Waals surface area contributed by atoms with Gasteiger partial charge in [-0.15, -0.1) is 11.3 Å². The summed E-state index contributed by atoms with van der Waals surface area (Å²) < 4.78 is 31.6. The Hall–Kier alpha value is -2.35. The molecule has 146 valence electrons. The number of thiophene rings is 1. The van der Waals surface area contributed by atoms with Gasteiger partial charge < -0.3 is 10.1 Å². The van der Waals surface area contributed by atoms with Gasteiger partial charge in [0, 0.05) is 16.4 Å². The Morgan fingerprint density at radius 1 is 1.04 bits per heavy atom. The Morgan fingerprint density at radius 3 is 2.39 bits per heavy atom. The minimum atomic E-state index is -3.71. The van der Waals surface area contributed by atoms with Crippen LogP contribution in [0.2, 0.25) is 5.02 Å². The Bertz CT molecular complexity index is 1000. The van der Waals surface area contributed by atoms with Gasteiger partial charge in [-0.3, -0.25) is 4.79 Å². The molecule has 0 fully saturated rings. The van der Waals surface area contributed by atoms with Crippen LogP contribution in [-0.4, -0.2) is 27.5 Å². The molecule has 0 aliphatic carbocycles. The molecular weight excluding hydrogens is 418 g/mol. The van der Waals surface area contributed by atoms with Crippen molar-refractivity contribution in [1.82, 2.24) is 5.32 Å². The van der Waals surface area contributed by atoms with Gasteiger partial charge in [0.2, 0.25) is 0 Å². The van der Waals surface area contributed by atoms with Gasteiger partial charge in [0.15, 0.2) is 16.4 Å². The summed E-state index contributed by atoms with van der Waals surface area (Å²) in [6.07, 6.45) is 0. The highest BCUT2D eigenvalue weighted by Crippen LogP contribution is 2.31. The average molecular weight is 436 g/mol. The van der Waals surface area contributed by atoms with Gasteiger partial charge >= 0.3 is 0 Å². The molecule has 3 aromatic rings. The van der Waals surface area contributed by atoms with E-state index >= 15 is 0 Å². The zero-order chi connectivity index (χ0) is 20.0. The highest BCUT2D eigenvalue weighted by atomic mass is 35.5. The molecule has 1 atom stereocenters. The van der Waals surface area contributed by atoms with Crippen molar-refractivity contribution >= 4 is 38.7 Å². The maximum absolute atomic E-state index is 13.1. The molecule has 0 radical (unpaired) electrons. The van der Waals surface area contributed by atoms with Crippen molar-refractivity contribution in [3.05, 3.63) is 82.0 Å². The minimum absolute atomic E-state index is 0.0531. The number of para-hydroxylation sites is 1. The van der Waals surface area contributed by atoms with Crippen LogP contribution in [0.15, 0.2) is 77.0 Å². The first-order chi connectivity index (χ1) is 13.5. The molecule has 0 spiro atoms. The molecule has 28 heavy (non-hydrogen) atoms. The third kappa shape index (κ3) is 5.13. The van der Waals surface area contributed by atoms with Crippen molar-refractivity contribution in [2.24, 2.45) is 0 Å². The number of carbonyl (C=O) groups excluding carboxylic acids is 1. The molecule has 1 heterocycles. The summed E-state index contributed by atoms with van der Waals surface area (Å²) in [6, 6.07) is 18.5. The van der Waals surface area contributed by atoms with Crippen LogP contribution in [0, 0.1) is 0 Å². The number of rotatable bonds is 8. The van der Waals surface area contributed by atoms with Crippen molar-refractivity contribution in [2.75, 3.05) is 13.2 Å². The topological polar surface area (TPSA) is 72.5 Å². The number of carbonyl (C=O) groups is 1. The molecule has 0 saturated carbocycles. The lowest BCUT2D eigenvalue weighted by atomic mass is 10.3. The largest absolute Gasteiger partial charge is 0.484 e. The number of sulfone groups is 1. The molecule has 1 N–H and O–H groups in total. The van der Waals surface area contributed by atoms with E-state index in [-0.39, 0.29) is 18.0 Å². The summed E-state index contributed by atoms with van der Waals surface area (Å²) in [7, 11) is -3.71. The zero-order valence-corrected chi connectivity index (χ0v) is 17.1. The molecular formula is C20H18ClNO4S2. The lowest BCUT2D eigenvalue weighted by molar-refractivity contribution is -0.123. The number of amides is 1. The van der Waals surface area contributed by atoms with Crippen LogP contribution < -0.4 is 10.1 Å². The Balaban J connectivity index is 1.71. The monoisotopic (exact) mass is 435 g/mol. The molecule has 0 aliphatic heterocycles. The normalized spacial score (nSPS) is 12.3. The van der Waals surface area contributed by atoms with Crippen LogP contribution in [0.3, 0.4) is 0 Å². The minimum Gasteiger partial charge on any atom is -0.484 e. The lowest BCUT2D eigenvalue weighted by Gasteiger charge is -2.17. The molecule has 1 aromatic heterocycles. The van der Waals surface area contributed by atoms with Crippen LogP contribution in [-0.2, 0) is 14.6 Å². The van der Waals surface area contributed by atoms with E-state index in [2.05, 4.69) is 5.32 Å². The summed E-state index contributed by atoms with van der Waals surface area (Å²) in [5.41, 5.74) is 0. The first-order valence-electron chi connectivity index (χ1n) is 8.44. The van der Waals surface area contributed by atoms with Crippen molar-refractivity contribution in [3.63, 3.8) is 0 Å². The summed E-state index contributed by atoms with van der Waals surface area (Å²) >= 11 is 7.20. The number of benzene rings is 2. The van der Waals surface area contributed by atoms with E-state index in [4.69, 9.17) is 16.3 Å². The number of ether oxygens (including phenoxy) is 1. The highest BCUT2D eigenvalue weighted by molar-refractivity contribution is 7.91. The van der Waals surface area contributed by atoms with E-state index in [0.717, 1.165) is 0 Å². The van der Waals surface area contributed by atoms with Crippen molar-refractivity contribution in [2.45, 2.75) is 10.1 Å². The quantitative estimate of drug-likeness (QED) is 0.577. The number of hydrogen-bond acceptors (Lipinski definition) is 5. The van der Waals surface area contributed by atoms with Gasteiger partial charge in [0.05, 0.1) is 4.90 Å². The van der Waals surface area contributed by atoms with Crippen LogP contribution in [0.4, 0.5) is 0 Å². The third-order valence-electron chi connectivity index (χ3n) is 3.98. The molecule has 0 aliphatic rings. The van der Waals surface area contributed by atoms with E-state index in [1.165, 1.54) is 35.6 Å². The average Bonchev–Trinajstić information content (AvgIpc) is 3.22. The molecule has 0 bridgehead atoms. The second-order valence-electron chi connectivity index (χ2n) is 5.91. The summed E-state index contributed by atoms with van der Waals surface area (Å²) in [6.45, 7) is -0.245. The standard InChI is InChI=1S/C20H18ClNO4S2/c21-15-8-10-17(11-9-15)28(24,25)19(18-7-4-12-27-18)13-22-20(23)14-26-16-5-2-1-3-6-16/h1-12,19H,13-14H2,(H,22,23)/t19-/m1/s1. The van der Waals surface area contributed by atoms with Gasteiger partial charge in [-0.05, 0) is 47.8 Å².